The lowest BCUT2D eigenvalue weighted by atomic mass is 9.92. The fourth-order valence-corrected chi connectivity index (χ4v) is 1.43. The molecule has 0 aliphatic heterocycles. The molecule has 1 atom stereocenters. The predicted molar refractivity (Wildman–Crippen MR) is 70.6 cm³/mol. The van der Waals surface area contributed by atoms with Crippen LogP contribution in [0.2, 0.25) is 0 Å². The van der Waals surface area contributed by atoms with Crippen LogP contribution in [0, 0.1) is 11.3 Å². The monoisotopic (exact) mass is 273 g/mol. The Morgan fingerprint density at radius 2 is 1.74 bits per heavy atom. The Hall–Kier alpha value is -1.79. The first kappa shape index (κ1) is 17.2. The zero-order chi connectivity index (χ0) is 15.2. The van der Waals surface area contributed by atoms with Gasteiger partial charge in [-0.1, -0.05) is 13.8 Å². The van der Waals surface area contributed by atoms with Gasteiger partial charge in [-0.25, -0.2) is 9.59 Å². The van der Waals surface area contributed by atoms with Gasteiger partial charge >= 0.3 is 12.0 Å². The Balaban J connectivity index is 4.40. The van der Waals surface area contributed by atoms with Crippen molar-refractivity contribution in [2.75, 3.05) is 13.6 Å². The highest BCUT2D eigenvalue weighted by Crippen LogP contribution is 2.13. The first-order valence-electron chi connectivity index (χ1n) is 6.11. The van der Waals surface area contributed by atoms with E-state index in [1.165, 1.54) is 7.05 Å². The number of amides is 3. The Morgan fingerprint density at radius 1 is 1.21 bits per heavy atom. The molecule has 7 heteroatoms. The normalized spacial score (nSPS) is 12.7. The summed E-state index contributed by atoms with van der Waals surface area (Å²) in [5.74, 6) is -1.52. The van der Waals surface area contributed by atoms with Crippen LogP contribution >= 0.6 is 0 Å². The number of carbonyl (C=O) groups is 3. The van der Waals surface area contributed by atoms with E-state index < -0.39 is 23.5 Å². The largest absolute Gasteiger partial charge is 0.480 e. The second kappa shape index (κ2) is 6.96. The van der Waals surface area contributed by atoms with Gasteiger partial charge in [0, 0.05) is 13.6 Å². The Bertz CT molecular complexity index is 353. The highest BCUT2D eigenvalue weighted by Gasteiger charge is 2.28. The number of carboxylic acids is 1. The molecule has 0 radical (unpaired) electrons. The van der Waals surface area contributed by atoms with Gasteiger partial charge in [0.25, 0.3) is 0 Å². The highest BCUT2D eigenvalue weighted by atomic mass is 16.4. The summed E-state index contributed by atoms with van der Waals surface area (Å²) < 4.78 is 0. The molecule has 0 aliphatic carbocycles. The molecule has 4 N–H and O–H groups in total. The topological polar surface area (TPSA) is 108 Å². The third-order valence-corrected chi connectivity index (χ3v) is 2.75. The molecular formula is C12H23N3O4. The number of nitrogens with one attached hydrogen (secondary N) is 3. The molecule has 0 rings (SSSR count). The zero-order valence-corrected chi connectivity index (χ0v) is 12.0. The van der Waals surface area contributed by atoms with Crippen molar-refractivity contribution in [2.24, 2.45) is 11.3 Å². The Kier molecular flexibility index (Phi) is 6.31. The maximum Gasteiger partial charge on any atom is 0.326 e. The molecule has 19 heavy (non-hydrogen) atoms. The Labute approximate surface area is 113 Å². The lowest BCUT2D eigenvalue weighted by molar-refractivity contribution is -0.140. The number of hydrogen-bond acceptors (Lipinski definition) is 3. The third-order valence-electron chi connectivity index (χ3n) is 2.75. The van der Waals surface area contributed by atoms with Crippen molar-refractivity contribution in [3.05, 3.63) is 0 Å². The van der Waals surface area contributed by atoms with Gasteiger partial charge in [0.05, 0.1) is 5.41 Å². The number of rotatable bonds is 6. The standard InChI is InChI=1S/C12H23N3O4/c1-7(2)8(9(16)17)15-11(19)14-6-12(3,4)10(18)13-5/h7-8H,6H2,1-5H3,(H,13,18)(H,16,17)(H2,14,15,19). The summed E-state index contributed by atoms with van der Waals surface area (Å²) in [6.07, 6.45) is 0. The van der Waals surface area contributed by atoms with E-state index in [2.05, 4.69) is 16.0 Å². The summed E-state index contributed by atoms with van der Waals surface area (Å²) in [6.45, 7) is 6.89. The van der Waals surface area contributed by atoms with Crippen LogP contribution in [0.1, 0.15) is 27.7 Å². The molecular weight excluding hydrogens is 250 g/mol. The van der Waals surface area contributed by atoms with Gasteiger partial charge in [-0.15, -0.1) is 0 Å². The summed E-state index contributed by atoms with van der Waals surface area (Å²) in [7, 11) is 1.52. The molecule has 0 aromatic carbocycles. The van der Waals surface area contributed by atoms with Crippen LogP contribution in [0.3, 0.4) is 0 Å². The van der Waals surface area contributed by atoms with E-state index in [-0.39, 0.29) is 18.4 Å². The van der Waals surface area contributed by atoms with Gasteiger partial charge in [0.2, 0.25) is 5.91 Å². The van der Waals surface area contributed by atoms with Crippen molar-refractivity contribution in [3.8, 4) is 0 Å². The van der Waals surface area contributed by atoms with Crippen molar-refractivity contribution in [2.45, 2.75) is 33.7 Å². The minimum atomic E-state index is -1.09. The van der Waals surface area contributed by atoms with Crippen molar-refractivity contribution < 1.29 is 19.5 Å². The molecule has 0 fully saturated rings. The van der Waals surface area contributed by atoms with Gasteiger partial charge in [-0.2, -0.15) is 0 Å². The maximum atomic E-state index is 11.6. The molecule has 0 aromatic heterocycles. The molecule has 110 valence electrons. The average Bonchev–Trinajstić information content (AvgIpc) is 2.31. The van der Waals surface area contributed by atoms with Gasteiger partial charge in [0.15, 0.2) is 0 Å². The summed E-state index contributed by atoms with van der Waals surface area (Å²) in [5, 5.41) is 16.3. The maximum absolute atomic E-state index is 11.6. The van der Waals surface area contributed by atoms with Crippen molar-refractivity contribution >= 4 is 17.9 Å². The molecule has 0 bridgehead atoms. The molecule has 0 aromatic rings. The van der Waals surface area contributed by atoms with E-state index >= 15 is 0 Å². The van der Waals surface area contributed by atoms with Crippen LogP contribution in [-0.2, 0) is 9.59 Å². The van der Waals surface area contributed by atoms with Crippen LogP contribution in [0.15, 0.2) is 0 Å². The van der Waals surface area contributed by atoms with Crippen molar-refractivity contribution in [3.63, 3.8) is 0 Å². The molecule has 0 saturated heterocycles. The second-order valence-corrected chi connectivity index (χ2v) is 5.35. The number of aliphatic carboxylic acids is 1. The molecule has 0 heterocycles. The molecule has 7 nitrogen and oxygen atoms in total. The number of carboxylic acid groups (broad SMARTS) is 1. The van der Waals surface area contributed by atoms with E-state index in [4.69, 9.17) is 5.11 Å². The van der Waals surface area contributed by atoms with Crippen LogP contribution in [-0.4, -0.2) is 42.6 Å². The minimum Gasteiger partial charge on any atom is -0.480 e. The van der Waals surface area contributed by atoms with E-state index in [1.54, 1.807) is 27.7 Å². The molecule has 0 spiro atoms. The van der Waals surface area contributed by atoms with Crippen LogP contribution in [0.5, 0.6) is 0 Å². The number of carbonyl (C=O) groups excluding carboxylic acids is 2. The SMILES string of the molecule is CNC(=O)C(C)(C)CNC(=O)NC(C(=O)O)C(C)C. The van der Waals surface area contributed by atoms with Crippen molar-refractivity contribution in [1.82, 2.24) is 16.0 Å². The molecule has 3 amide bonds. The van der Waals surface area contributed by atoms with E-state index in [0.29, 0.717) is 0 Å². The smallest absolute Gasteiger partial charge is 0.326 e. The number of urea groups is 1. The fraction of sp³-hybridized carbons (Fsp3) is 0.750. The zero-order valence-electron chi connectivity index (χ0n) is 12.0. The highest BCUT2D eigenvalue weighted by molar-refractivity contribution is 5.84. The van der Waals surface area contributed by atoms with Gasteiger partial charge in [-0.3, -0.25) is 4.79 Å². The predicted octanol–water partition coefficient (Wildman–Crippen LogP) is 0.167. The van der Waals surface area contributed by atoms with E-state index in [9.17, 15) is 14.4 Å². The lowest BCUT2D eigenvalue weighted by Crippen LogP contribution is -2.51. The second-order valence-electron chi connectivity index (χ2n) is 5.35. The fourth-order valence-electron chi connectivity index (χ4n) is 1.43. The van der Waals surface area contributed by atoms with E-state index in [0.717, 1.165) is 0 Å². The van der Waals surface area contributed by atoms with Crippen molar-refractivity contribution in [1.29, 1.82) is 0 Å². The van der Waals surface area contributed by atoms with E-state index in [1.807, 2.05) is 0 Å². The molecule has 1 unspecified atom stereocenters. The van der Waals surface area contributed by atoms with Crippen LogP contribution < -0.4 is 16.0 Å². The lowest BCUT2D eigenvalue weighted by Gasteiger charge is -2.24. The Morgan fingerprint density at radius 3 is 2.11 bits per heavy atom. The summed E-state index contributed by atoms with van der Waals surface area (Å²) in [6, 6.07) is -1.55. The minimum absolute atomic E-state index is 0.114. The number of hydrogen-bond donors (Lipinski definition) is 4. The quantitative estimate of drug-likeness (QED) is 0.553. The summed E-state index contributed by atoms with van der Waals surface area (Å²) >= 11 is 0. The molecule has 0 aliphatic rings. The first-order valence-corrected chi connectivity index (χ1v) is 6.11. The van der Waals surface area contributed by atoms with Gasteiger partial charge < -0.3 is 21.1 Å². The van der Waals surface area contributed by atoms with Crippen LogP contribution in [0.4, 0.5) is 4.79 Å². The summed E-state index contributed by atoms with van der Waals surface area (Å²) in [4.78, 5) is 34.0. The molecule has 0 saturated carbocycles. The summed E-state index contributed by atoms with van der Waals surface area (Å²) in [5.41, 5.74) is -0.761. The average molecular weight is 273 g/mol. The third kappa shape index (κ3) is 5.58. The first-order chi connectivity index (χ1) is 8.61. The van der Waals surface area contributed by atoms with Gasteiger partial charge in [0.1, 0.15) is 6.04 Å². The van der Waals surface area contributed by atoms with Gasteiger partial charge in [-0.05, 0) is 19.8 Å². The van der Waals surface area contributed by atoms with Crippen LogP contribution in [0.25, 0.3) is 0 Å².